The Morgan fingerprint density at radius 3 is 2.59 bits per heavy atom. The zero-order valence-electron chi connectivity index (χ0n) is 10.5. The van der Waals surface area contributed by atoms with Gasteiger partial charge < -0.3 is 16.4 Å². The van der Waals surface area contributed by atoms with Gasteiger partial charge in [-0.15, -0.1) is 0 Å². The van der Waals surface area contributed by atoms with Crippen LogP contribution in [-0.4, -0.2) is 18.1 Å². The van der Waals surface area contributed by atoms with Gasteiger partial charge in [-0.25, -0.2) is 4.98 Å². The number of hydrogen-bond donors (Lipinski definition) is 2. The summed E-state index contributed by atoms with van der Waals surface area (Å²) in [6, 6.07) is 3.81. The maximum atomic E-state index is 5.74. The van der Waals surface area contributed by atoms with E-state index in [-0.39, 0.29) is 0 Å². The van der Waals surface area contributed by atoms with E-state index in [1.54, 1.807) is 0 Å². The largest absolute Gasteiger partial charge is 0.396 e. The molecule has 0 amide bonds. The summed E-state index contributed by atoms with van der Waals surface area (Å²) in [7, 11) is 0. The normalized spacial score (nSPS) is 17.4. The highest BCUT2D eigenvalue weighted by Crippen LogP contribution is 2.26. The third-order valence-corrected chi connectivity index (χ3v) is 3.58. The maximum Gasteiger partial charge on any atom is 0.149 e. The van der Waals surface area contributed by atoms with E-state index in [9.17, 15) is 0 Å². The number of piperidine rings is 1. The van der Waals surface area contributed by atoms with Crippen LogP contribution in [0.2, 0.25) is 0 Å². The van der Waals surface area contributed by atoms with E-state index in [1.807, 2.05) is 12.1 Å². The molecule has 2 heterocycles. The molecule has 0 atom stereocenters. The molecular weight excluding hydrogens is 212 g/mol. The van der Waals surface area contributed by atoms with E-state index >= 15 is 0 Å². The summed E-state index contributed by atoms with van der Waals surface area (Å²) in [6.07, 6.45) is 5.17. The number of pyridine rings is 1. The molecule has 4 heteroatoms. The molecule has 0 saturated carbocycles. The standard InChI is InChI=1S/C13H22N4/c1-2-3-10-6-8-17(9-7-10)12-5-4-11(14)13(15)16-12/h4-5,10H,2-3,6-9,14H2,1H3,(H2,15,16). The minimum absolute atomic E-state index is 0.443. The predicted molar refractivity (Wildman–Crippen MR) is 72.9 cm³/mol. The molecule has 4 N–H and O–H groups in total. The highest BCUT2D eigenvalue weighted by atomic mass is 15.2. The fourth-order valence-electron chi connectivity index (χ4n) is 2.51. The van der Waals surface area contributed by atoms with Crippen molar-refractivity contribution in [3.8, 4) is 0 Å². The molecule has 0 radical (unpaired) electrons. The molecule has 1 aromatic heterocycles. The van der Waals surface area contributed by atoms with Crippen molar-refractivity contribution in [1.29, 1.82) is 0 Å². The minimum Gasteiger partial charge on any atom is -0.396 e. The Bertz CT molecular complexity index is 370. The average molecular weight is 234 g/mol. The molecule has 1 saturated heterocycles. The van der Waals surface area contributed by atoms with Crippen LogP contribution in [0, 0.1) is 5.92 Å². The molecule has 0 aliphatic carbocycles. The monoisotopic (exact) mass is 234 g/mol. The number of nitrogens with two attached hydrogens (primary N) is 2. The van der Waals surface area contributed by atoms with Crippen LogP contribution < -0.4 is 16.4 Å². The van der Waals surface area contributed by atoms with Crippen molar-refractivity contribution in [2.45, 2.75) is 32.6 Å². The van der Waals surface area contributed by atoms with Crippen LogP contribution >= 0.6 is 0 Å². The third kappa shape index (κ3) is 2.81. The van der Waals surface area contributed by atoms with E-state index < -0.39 is 0 Å². The van der Waals surface area contributed by atoms with E-state index in [1.165, 1.54) is 25.7 Å². The summed E-state index contributed by atoms with van der Waals surface area (Å²) in [6.45, 7) is 4.43. The lowest BCUT2D eigenvalue weighted by Crippen LogP contribution is -2.34. The van der Waals surface area contributed by atoms with Crippen LogP contribution in [0.3, 0.4) is 0 Å². The number of rotatable bonds is 3. The first-order valence-electron chi connectivity index (χ1n) is 6.47. The van der Waals surface area contributed by atoms with Gasteiger partial charge in [0.25, 0.3) is 0 Å². The van der Waals surface area contributed by atoms with Gasteiger partial charge in [0.05, 0.1) is 5.69 Å². The topological polar surface area (TPSA) is 68.2 Å². The number of anilines is 3. The van der Waals surface area contributed by atoms with E-state index in [0.29, 0.717) is 11.5 Å². The Balaban J connectivity index is 1.98. The highest BCUT2D eigenvalue weighted by molar-refractivity contribution is 5.62. The molecule has 0 spiro atoms. The molecule has 1 aliphatic heterocycles. The van der Waals surface area contributed by atoms with E-state index in [0.717, 1.165) is 24.8 Å². The van der Waals surface area contributed by atoms with E-state index in [2.05, 4.69) is 16.8 Å². The van der Waals surface area contributed by atoms with E-state index in [4.69, 9.17) is 11.5 Å². The molecule has 0 unspecified atom stereocenters. The van der Waals surface area contributed by atoms with Crippen molar-refractivity contribution in [2.75, 3.05) is 29.5 Å². The SMILES string of the molecule is CCCC1CCN(c2ccc(N)c(N)n2)CC1. The molecule has 1 fully saturated rings. The van der Waals surface area contributed by atoms with Crippen LogP contribution in [0.4, 0.5) is 17.3 Å². The maximum absolute atomic E-state index is 5.74. The Kier molecular flexibility index (Phi) is 3.71. The Morgan fingerprint density at radius 1 is 1.29 bits per heavy atom. The number of hydrogen-bond acceptors (Lipinski definition) is 4. The second kappa shape index (κ2) is 5.25. The molecule has 1 aromatic rings. The van der Waals surface area contributed by atoms with Gasteiger partial charge in [-0.05, 0) is 30.9 Å². The summed E-state index contributed by atoms with van der Waals surface area (Å²) >= 11 is 0. The average Bonchev–Trinajstić information content (AvgIpc) is 2.34. The third-order valence-electron chi connectivity index (χ3n) is 3.58. The molecule has 0 aromatic carbocycles. The van der Waals surface area contributed by atoms with Crippen molar-refractivity contribution in [3.05, 3.63) is 12.1 Å². The zero-order chi connectivity index (χ0) is 12.3. The zero-order valence-corrected chi connectivity index (χ0v) is 10.5. The van der Waals surface area contributed by atoms with Crippen molar-refractivity contribution in [1.82, 2.24) is 4.98 Å². The first-order valence-corrected chi connectivity index (χ1v) is 6.47. The number of nitrogen functional groups attached to an aromatic ring is 2. The second-order valence-corrected chi connectivity index (χ2v) is 4.86. The smallest absolute Gasteiger partial charge is 0.149 e. The van der Waals surface area contributed by atoms with Gasteiger partial charge in [0.1, 0.15) is 11.6 Å². The molecule has 4 nitrogen and oxygen atoms in total. The summed E-state index contributed by atoms with van der Waals surface area (Å²) < 4.78 is 0. The van der Waals surface area contributed by atoms with Crippen molar-refractivity contribution < 1.29 is 0 Å². The minimum atomic E-state index is 0.443. The van der Waals surface area contributed by atoms with Crippen molar-refractivity contribution >= 4 is 17.3 Å². The van der Waals surface area contributed by atoms with Gasteiger partial charge in [-0.3, -0.25) is 0 Å². The molecule has 1 aliphatic rings. The number of nitrogens with zero attached hydrogens (tertiary/aromatic N) is 2. The lowest BCUT2D eigenvalue weighted by Gasteiger charge is -2.32. The molecule has 2 rings (SSSR count). The second-order valence-electron chi connectivity index (χ2n) is 4.86. The summed E-state index contributed by atoms with van der Waals surface area (Å²) in [5, 5.41) is 0. The summed E-state index contributed by atoms with van der Waals surface area (Å²) in [5.41, 5.74) is 12.0. The first-order chi connectivity index (χ1) is 8.20. The van der Waals surface area contributed by atoms with Crippen molar-refractivity contribution in [3.63, 3.8) is 0 Å². The van der Waals surface area contributed by atoms with Crippen LogP contribution in [-0.2, 0) is 0 Å². The summed E-state index contributed by atoms with van der Waals surface area (Å²) in [5.74, 6) is 2.30. The van der Waals surface area contributed by atoms with Gasteiger partial charge in [-0.2, -0.15) is 0 Å². The highest BCUT2D eigenvalue weighted by Gasteiger charge is 2.19. The van der Waals surface area contributed by atoms with Crippen LogP contribution in [0.25, 0.3) is 0 Å². The van der Waals surface area contributed by atoms with Gasteiger partial charge in [0.2, 0.25) is 0 Å². The fourth-order valence-corrected chi connectivity index (χ4v) is 2.51. The van der Waals surface area contributed by atoms with Crippen LogP contribution in [0.1, 0.15) is 32.6 Å². The van der Waals surface area contributed by atoms with Crippen LogP contribution in [0.5, 0.6) is 0 Å². The lowest BCUT2D eigenvalue weighted by molar-refractivity contribution is 0.377. The molecule has 0 bridgehead atoms. The predicted octanol–water partition coefficient (Wildman–Crippen LogP) is 2.26. The van der Waals surface area contributed by atoms with Crippen molar-refractivity contribution in [2.24, 2.45) is 5.92 Å². The molecule has 94 valence electrons. The number of aromatic nitrogens is 1. The summed E-state index contributed by atoms with van der Waals surface area (Å²) in [4.78, 5) is 6.65. The lowest BCUT2D eigenvalue weighted by atomic mass is 9.92. The van der Waals surface area contributed by atoms with Gasteiger partial charge >= 0.3 is 0 Å². The quantitative estimate of drug-likeness (QED) is 0.841. The Morgan fingerprint density at radius 2 is 2.00 bits per heavy atom. The Labute approximate surface area is 103 Å². The van der Waals surface area contributed by atoms with Gasteiger partial charge in [0, 0.05) is 13.1 Å². The molecular formula is C13H22N4. The Hall–Kier alpha value is -1.45. The van der Waals surface area contributed by atoms with Crippen LogP contribution in [0.15, 0.2) is 12.1 Å². The first kappa shape index (κ1) is 12.0. The van der Waals surface area contributed by atoms with Gasteiger partial charge in [0.15, 0.2) is 0 Å². The molecule has 17 heavy (non-hydrogen) atoms. The fraction of sp³-hybridized carbons (Fsp3) is 0.615. The van der Waals surface area contributed by atoms with Gasteiger partial charge in [-0.1, -0.05) is 19.8 Å².